The summed E-state index contributed by atoms with van der Waals surface area (Å²) in [5.74, 6) is -0.820. The summed E-state index contributed by atoms with van der Waals surface area (Å²) in [6.45, 7) is 0.581. The van der Waals surface area contributed by atoms with E-state index >= 15 is 0 Å². The van der Waals surface area contributed by atoms with Crippen molar-refractivity contribution < 1.29 is 9.90 Å². The zero-order valence-electron chi connectivity index (χ0n) is 7.66. The lowest BCUT2D eigenvalue weighted by molar-refractivity contribution is -0.139. The first-order valence-electron chi connectivity index (χ1n) is 4.51. The number of carboxylic acids is 1. The molecule has 0 amide bonds. The lowest BCUT2D eigenvalue weighted by Gasteiger charge is -2.24. The maximum atomic E-state index is 10.8. The lowest BCUT2D eigenvalue weighted by atomic mass is 9.94. The van der Waals surface area contributed by atoms with Gasteiger partial charge in [-0.05, 0) is 17.2 Å². The van der Waals surface area contributed by atoms with Crippen LogP contribution in [0.25, 0.3) is 0 Å². The Labute approximate surface area is 81.7 Å². The summed E-state index contributed by atoms with van der Waals surface area (Å²) in [7, 11) is 0. The summed E-state index contributed by atoms with van der Waals surface area (Å²) in [5, 5.41) is 11.8. The normalized spacial score (nSPS) is 20.1. The Morgan fingerprint density at radius 3 is 3.07 bits per heavy atom. The number of rotatable bonds is 1. The highest BCUT2D eigenvalue weighted by Gasteiger charge is 2.24. The standard InChI is InChI=1S/C10H12N2O2/c11-8-3-1-2-6-5-12-9(10(13)14)4-7(6)8/h1-3,9,12H,4-5,11H2,(H,13,14). The van der Waals surface area contributed by atoms with Crippen molar-refractivity contribution in [3.8, 4) is 0 Å². The number of carbonyl (C=O) groups is 1. The Kier molecular flexibility index (Phi) is 2.13. The van der Waals surface area contributed by atoms with E-state index in [1.54, 1.807) is 0 Å². The van der Waals surface area contributed by atoms with Gasteiger partial charge < -0.3 is 16.2 Å². The second-order valence-electron chi connectivity index (χ2n) is 3.46. The van der Waals surface area contributed by atoms with Crippen molar-refractivity contribution in [2.75, 3.05) is 5.73 Å². The molecule has 1 aromatic rings. The Morgan fingerprint density at radius 2 is 2.36 bits per heavy atom. The number of aliphatic carboxylic acids is 1. The molecule has 1 heterocycles. The lowest BCUT2D eigenvalue weighted by Crippen LogP contribution is -2.41. The van der Waals surface area contributed by atoms with E-state index in [9.17, 15) is 4.79 Å². The number of anilines is 1. The number of hydrogen-bond acceptors (Lipinski definition) is 3. The molecule has 0 bridgehead atoms. The third-order valence-corrected chi connectivity index (χ3v) is 2.55. The topological polar surface area (TPSA) is 75.4 Å². The van der Waals surface area contributed by atoms with Crippen LogP contribution in [0.2, 0.25) is 0 Å². The Balaban J connectivity index is 2.33. The van der Waals surface area contributed by atoms with Crippen LogP contribution in [0, 0.1) is 0 Å². The van der Waals surface area contributed by atoms with Crippen molar-refractivity contribution >= 4 is 11.7 Å². The van der Waals surface area contributed by atoms with Crippen LogP contribution in [-0.4, -0.2) is 17.1 Å². The van der Waals surface area contributed by atoms with E-state index in [2.05, 4.69) is 5.32 Å². The molecule has 0 aliphatic carbocycles. The zero-order valence-corrected chi connectivity index (χ0v) is 7.66. The predicted octanol–water partition coefficient (Wildman–Crippen LogP) is 0.368. The quantitative estimate of drug-likeness (QED) is 0.562. The predicted molar refractivity (Wildman–Crippen MR) is 52.8 cm³/mol. The molecule has 0 fully saturated rings. The maximum absolute atomic E-state index is 10.8. The van der Waals surface area contributed by atoms with Crippen LogP contribution >= 0.6 is 0 Å². The van der Waals surface area contributed by atoms with Crippen LogP contribution in [0.1, 0.15) is 11.1 Å². The fourth-order valence-corrected chi connectivity index (χ4v) is 1.75. The molecular formula is C10H12N2O2. The number of nitrogens with two attached hydrogens (primary N) is 1. The van der Waals surface area contributed by atoms with E-state index in [-0.39, 0.29) is 0 Å². The summed E-state index contributed by atoms with van der Waals surface area (Å²) in [6.07, 6.45) is 0.470. The molecule has 0 saturated heterocycles. The molecule has 1 aliphatic rings. The molecule has 4 heteroatoms. The zero-order chi connectivity index (χ0) is 10.1. The summed E-state index contributed by atoms with van der Waals surface area (Å²) >= 11 is 0. The molecule has 2 rings (SSSR count). The van der Waals surface area contributed by atoms with Crippen molar-refractivity contribution in [3.63, 3.8) is 0 Å². The van der Waals surface area contributed by atoms with Crippen LogP contribution in [0.4, 0.5) is 5.69 Å². The molecule has 1 aliphatic heterocycles. The highest BCUT2D eigenvalue weighted by atomic mass is 16.4. The fraction of sp³-hybridized carbons (Fsp3) is 0.300. The molecule has 1 aromatic carbocycles. The molecule has 0 saturated carbocycles. The van der Waals surface area contributed by atoms with Crippen molar-refractivity contribution in [1.82, 2.24) is 5.32 Å². The van der Waals surface area contributed by atoms with E-state index in [0.717, 1.165) is 11.1 Å². The summed E-state index contributed by atoms with van der Waals surface area (Å²) < 4.78 is 0. The van der Waals surface area contributed by atoms with Gasteiger partial charge in [0.15, 0.2) is 0 Å². The number of carboxylic acid groups (broad SMARTS) is 1. The van der Waals surface area contributed by atoms with Gasteiger partial charge in [0.2, 0.25) is 0 Å². The summed E-state index contributed by atoms with van der Waals surface area (Å²) in [5.41, 5.74) is 8.54. The molecule has 1 atom stereocenters. The van der Waals surface area contributed by atoms with Crippen LogP contribution in [0.15, 0.2) is 18.2 Å². The van der Waals surface area contributed by atoms with E-state index in [0.29, 0.717) is 18.7 Å². The number of nitrogen functional groups attached to an aromatic ring is 1. The Hall–Kier alpha value is -1.55. The summed E-state index contributed by atoms with van der Waals surface area (Å²) in [6, 6.07) is 5.16. The largest absolute Gasteiger partial charge is 0.480 e. The average Bonchev–Trinajstić information content (AvgIpc) is 2.18. The van der Waals surface area contributed by atoms with E-state index in [1.165, 1.54) is 0 Å². The van der Waals surface area contributed by atoms with Crippen LogP contribution in [0.5, 0.6) is 0 Å². The molecule has 4 N–H and O–H groups in total. The van der Waals surface area contributed by atoms with E-state index in [1.807, 2.05) is 18.2 Å². The van der Waals surface area contributed by atoms with Crippen LogP contribution in [-0.2, 0) is 17.8 Å². The second kappa shape index (κ2) is 3.31. The van der Waals surface area contributed by atoms with E-state index < -0.39 is 12.0 Å². The monoisotopic (exact) mass is 192 g/mol. The molecule has 1 unspecified atom stereocenters. The number of hydrogen-bond donors (Lipinski definition) is 3. The molecular weight excluding hydrogens is 180 g/mol. The van der Waals surface area contributed by atoms with Crippen LogP contribution in [0.3, 0.4) is 0 Å². The van der Waals surface area contributed by atoms with Gasteiger partial charge in [-0.1, -0.05) is 12.1 Å². The minimum Gasteiger partial charge on any atom is -0.480 e. The van der Waals surface area contributed by atoms with Crippen molar-refractivity contribution in [1.29, 1.82) is 0 Å². The maximum Gasteiger partial charge on any atom is 0.321 e. The third kappa shape index (κ3) is 1.44. The minimum absolute atomic E-state index is 0.470. The Morgan fingerprint density at radius 1 is 1.57 bits per heavy atom. The molecule has 0 aromatic heterocycles. The third-order valence-electron chi connectivity index (χ3n) is 2.55. The first kappa shape index (κ1) is 9.02. The van der Waals surface area contributed by atoms with Gasteiger partial charge in [-0.3, -0.25) is 4.79 Å². The first-order chi connectivity index (χ1) is 6.68. The highest BCUT2D eigenvalue weighted by Crippen LogP contribution is 2.22. The van der Waals surface area contributed by atoms with Crippen molar-refractivity contribution in [3.05, 3.63) is 29.3 Å². The average molecular weight is 192 g/mol. The SMILES string of the molecule is Nc1cccc2c1CC(C(=O)O)NC2. The summed E-state index contributed by atoms with van der Waals surface area (Å²) in [4.78, 5) is 10.8. The molecule has 14 heavy (non-hydrogen) atoms. The van der Waals surface area contributed by atoms with Gasteiger partial charge in [-0.15, -0.1) is 0 Å². The number of fused-ring (bicyclic) bond motifs is 1. The van der Waals surface area contributed by atoms with Gasteiger partial charge in [0.25, 0.3) is 0 Å². The second-order valence-corrected chi connectivity index (χ2v) is 3.46. The molecule has 4 nitrogen and oxygen atoms in total. The van der Waals surface area contributed by atoms with Gasteiger partial charge in [0, 0.05) is 18.7 Å². The van der Waals surface area contributed by atoms with Gasteiger partial charge in [-0.2, -0.15) is 0 Å². The van der Waals surface area contributed by atoms with Crippen molar-refractivity contribution in [2.45, 2.75) is 19.0 Å². The van der Waals surface area contributed by atoms with Gasteiger partial charge >= 0.3 is 5.97 Å². The van der Waals surface area contributed by atoms with Gasteiger partial charge in [0.05, 0.1) is 0 Å². The fourth-order valence-electron chi connectivity index (χ4n) is 1.75. The first-order valence-corrected chi connectivity index (χ1v) is 4.51. The molecule has 0 spiro atoms. The van der Waals surface area contributed by atoms with Crippen molar-refractivity contribution in [2.24, 2.45) is 0 Å². The van der Waals surface area contributed by atoms with Crippen LogP contribution < -0.4 is 11.1 Å². The smallest absolute Gasteiger partial charge is 0.321 e. The minimum atomic E-state index is -0.820. The number of nitrogens with one attached hydrogen (secondary N) is 1. The molecule has 0 radical (unpaired) electrons. The highest BCUT2D eigenvalue weighted by molar-refractivity contribution is 5.75. The van der Waals surface area contributed by atoms with Gasteiger partial charge in [-0.25, -0.2) is 0 Å². The number of benzene rings is 1. The molecule has 74 valence electrons. The van der Waals surface area contributed by atoms with E-state index in [4.69, 9.17) is 10.8 Å². The van der Waals surface area contributed by atoms with Gasteiger partial charge in [0.1, 0.15) is 6.04 Å². The Bertz CT molecular complexity index is 376.